The lowest BCUT2D eigenvalue weighted by Gasteiger charge is -2.29. The van der Waals surface area contributed by atoms with E-state index in [2.05, 4.69) is 37.3 Å². The molecule has 0 unspecified atom stereocenters. The standard InChI is InChI=1S/C25H25N5O2/c31-25(26-9-8-18-4-2-1-3-5-18)24-28-15-19(16-29-24)21-6-7-23-22(21)14-20(17-27-23)30-10-12-32-13-11-30/h1-6,14-17H,7-13H2,(H,26,31). The Balaban J connectivity index is 1.25. The molecular weight excluding hydrogens is 402 g/mol. The molecule has 1 aliphatic carbocycles. The minimum Gasteiger partial charge on any atom is -0.378 e. The lowest BCUT2D eigenvalue weighted by atomic mass is 10.0. The number of benzene rings is 1. The van der Waals surface area contributed by atoms with Crippen LogP contribution in [0.4, 0.5) is 5.69 Å². The number of carbonyl (C=O) groups excluding carboxylic acids is 1. The SMILES string of the molecule is O=C(NCCc1ccccc1)c1ncc(C2=CCc3ncc(N4CCOCC4)cc32)cn1. The minimum atomic E-state index is -0.260. The molecular formula is C25H25N5O2. The largest absolute Gasteiger partial charge is 0.378 e. The van der Waals surface area contributed by atoms with Crippen molar-refractivity contribution in [2.45, 2.75) is 12.8 Å². The number of fused-ring (bicyclic) bond motifs is 1. The zero-order chi connectivity index (χ0) is 21.8. The van der Waals surface area contributed by atoms with Crippen molar-refractivity contribution in [1.29, 1.82) is 0 Å². The molecule has 3 aromatic rings. The van der Waals surface area contributed by atoms with Gasteiger partial charge in [-0.15, -0.1) is 0 Å². The zero-order valence-corrected chi connectivity index (χ0v) is 17.8. The van der Waals surface area contributed by atoms with Crippen molar-refractivity contribution < 1.29 is 9.53 Å². The van der Waals surface area contributed by atoms with Gasteiger partial charge in [-0.3, -0.25) is 9.78 Å². The van der Waals surface area contributed by atoms with E-state index in [4.69, 9.17) is 4.74 Å². The summed E-state index contributed by atoms with van der Waals surface area (Å²) in [4.78, 5) is 28.0. The van der Waals surface area contributed by atoms with E-state index in [1.807, 2.05) is 36.5 Å². The molecule has 1 aliphatic heterocycles. The van der Waals surface area contributed by atoms with Gasteiger partial charge >= 0.3 is 0 Å². The number of anilines is 1. The minimum absolute atomic E-state index is 0.181. The van der Waals surface area contributed by atoms with E-state index in [0.717, 1.165) is 67.2 Å². The Morgan fingerprint density at radius 2 is 1.81 bits per heavy atom. The number of nitrogens with one attached hydrogen (secondary N) is 1. The Morgan fingerprint density at radius 1 is 1.03 bits per heavy atom. The first-order valence-corrected chi connectivity index (χ1v) is 10.9. The molecule has 5 rings (SSSR count). The van der Waals surface area contributed by atoms with Gasteiger partial charge in [0.05, 0.1) is 30.8 Å². The average Bonchev–Trinajstić information content (AvgIpc) is 3.28. The highest BCUT2D eigenvalue weighted by atomic mass is 16.5. The number of carbonyl (C=O) groups is 1. The molecule has 0 atom stereocenters. The molecule has 1 amide bonds. The van der Waals surface area contributed by atoms with Crippen LogP contribution < -0.4 is 10.2 Å². The molecule has 1 saturated heterocycles. The molecule has 7 nitrogen and oxygen atoms in total. The maximum Gasteiger partial charge on any atom is 0.289 e. The first-order valence-electron chi connectivity index (χ1n) is 10.9. The Morgan fingerprint density at radius 3 is 2.59 bits per heavy atom. The molecule has 0 saturated carbocycles. The fourth-order valence-corrected chi connectivity index (χ4v) is 4.08. The Hall–Kier alpha value is -3.58. The molecule has 3 heterocycles. The van der Waals surface area contributed by atoms with Gasteiger partial charge in [0.25, 0.3) is 5.91 Å². The highest BCUT2D eigenvalue weighted by molar-refractivity contribution is 5.91. The Labute approximate surface area is 187 Å². The van der Waals surface area contributed by atoms with Gasteiger partial charge in [-0.2, -0.15) is 0 Å². The third-order valence-electron chi connectivity index (χ3n) is 5.83. The van der Waals surface area contributed by atoms with Crippen molar-refractivity contribution in [3.05, 3.63) is 89.3 Å². The summed E-state index contributed by atoms with van der Waals surface area (Å²) in [6.07, 6.45) is 9.10. The van der Waals surface area contributed by atoms with E-state index >= 15 is 0 Å². The molecule has 0 radical (unpaired) electrons. The number of hydrogen-bond acceptors (Lipinski definition) is 6. The fourth-order valence-electron chi connectivity index (χ4n) is 4.08. The topological polar surface area (TPSA) is 80.2 Å². The summed E-state index contributed by atoms with van der Waals surface area (Å²) in [5, 5.41) is 2.89. The van der Waals surface area contributed by atoms with Crippen LogP contribution in [-0.2, 0) is 17.6 Å². The summed E-state index contributed by atoms with van der Waals surface area (Å²) in [7, 11) is 0. The molecule has 2 aliphatic rings. The van der Waals surface area contributed by atoms with Crippen LogP contribution in [0.2, 0.25) is 0 Å². The monoisotopic (exact) mass is 427 g/mol. The summed E-state index contributed by atoms with van der Waals surface area (Å²) < 4.78 is 5.46. The molecule has 162 valence electrons. The summed E-state index contributed by atoms with van der Waals surface area (Å²) in [6, 6.07) is 12.3. The van der Waals surface area contributed by atoms with Crippen LogP contribution in [0.25, 0.3) is 5.57 Å². The van der Waals surface area contributed by atoms with Gasteiger partial charge in [0, 0.05) is 49.6 Å². The van der Waals surface area contributed by atoms with Crippen molar-refractivity contribution in [2.24, 2.45) is 0 Å². The summed E-state index contributed by atoms with van der Waals surface area (Å²) in [5.41, 5.74) is 6.41. The summed E-state index contributed by atoms with van der Waals surface area (Å²) in [5.74, 6) is -0.0784. The van der Waals surface area contributed by atoms with Gasteiger partial charge in [-0.05, 0) is 23.6 Å². The van der Waals surface area contributed by atoms with Crippen LogP contribution in [0.3, 0.4) is 0 Å². The van der Waals surface area contributed by atoms with Crippen LogP contribution in [-0.4, -0.2) is 53.7 Å². The predicted molar refractivity (Wildman–Crippen MR) is 123 cm³/mol. The van der Waals surface area contributed by atoms with Gasteiger partial charge in [0.1, 0.15) is 0 Å². The third kappa shape index (κ3) is 4.38. The smallest absolute Gasteiger partial charge is 0.289 e. The number of pyridine rings is 1. The van der Waals surface area contributed by atoms with E-state index in [1.54, 1.807) is 12.4 Å². The normalized spacial score (nSPS) is 15.2. The van der Waals surface area contributed by atoms with Crippen molar-refractivity contribution >= 4 is 17.2 Å². The summed E-state index contributed by atoms with van der Waals surface area (Å²) in [6.45, 7) is 3.76. The van der Waals surface area contributed by atoms with Crippen LogP contribution >= 0.6 is 0 Å². The number of aromatic nitrogens is 3. The van der Waals surface area contributed by atoms with E-state index < -0.39 is 0 Å². The van der Waals surface area contributed by atoms with Crippen molar-refractivity contribution in [3.8, 4) is 0 Å². The van der Waals surface area contributed by atoms with E-state index in [0.29, 0.717) is 6.54 Å². The molecule has 0 spiro atoms. The average molecular weight is 428 g/mol. The number of nitrogens with zero attached hydrogens (tertiary/aromatic N) is 4. The van der Waals surface area contributed by atoms with Gasteiger partial charge in [-0.1, -0.05) is 36.4 Å². The molecule has 7 heteroatoms. The van der Waals surface area contributed by atoms with Crippen LogP contribution in [0, 0.1) is 0 Å². The number of hydrogen-bond donors (Lipinski definition) is 1. The number of ether oxygens (including phenoxy) is 1. The molecule has 1 fully saturated rings. The lowest BCUT2D eigenvalue weighted by Crippen LogP contribution is -2.36. The van der Waals surface area contributed by atoms with Crippen molar-refractivity contribution in [3.63, 3.8) is 0 Å². The van der Waals surface area contributed by atoms with E-state index in [-0.39, 0.29) is 11.7 Å². The van der Waals surface area contributed by atoms with Gasteiger partial charge in [-0.25, -0.2) is 9.97 Å². The van der Waals surface area contributed by atoms with Gasteiger partial charge in [0.15, 0.2) is 0 Å². The second kappa shape index (κ2) is 9.28. The highest BCUT2D eigenvalue weighted by Gasteiger charge is 2.21. The highest BCUT2D eigenvalue weighted by Crippen LogP contribution is 2.33. The molecule has 0 bridgehead atoms. The third-order valence-corrected chi connectivity index (χ3v) is 5.83. The van der Waals surface area contributed by atoms with Crippen LogP contribution in [0.5, 0.6) is 0 Å². The number of morpholine rings is 1. The number of allylic oxidation sites excluding steroid dienone is 1. The van der Waals surface area contributed by atoms with Crippen LogP contribution in [0.15, 0.2) is 61.1 Å². The Kier molecular flexibility index (Phi) is 5.89. The number of amides is 1. The number of rotatable bonds is 6. The molecule has 1 aromatic carbocycles. The second-order valence-electron chi connectivity index (χ2n) is 7.90. The zero-order valence-electron chi connectivity index (χ0n) is 17.8. The first-order chi connectivity index (χ1) is 15.8. The predicted octanol–water partition coefficient (Wildman–Crippen LogP) is 2.67. The van der Waals surface area contributed by atoms with Gasteiger partial charge in [0.2, 0.25) is 5.82 Å². The quantitative estimate of drug-likeness (QED) is 0.652. The summed E-state index contributed by atoms with van der Waals surface area (Å²) >= 11 is 0. The maximum absolute atomic E-state index is 12.4. The Bertz CT molecular complexity index is 1120. The molecule has 32 heavy (non-hydrogen) atoms. The molecule has 1 N–H and O–H groups in total. The fraction of sp³-hybridized carbons (Fsp3) is 0.280. The van der Waals surface area contributed by atoms with Crippen molar-refractivity contribution in [2.75, 3.05) is 37.7 Å². The van der Waals surface area contributed by atoms with Crippen LogP contribution in [0.1, 0.15) is 33.0 Å². The lowest BCUT2D eigenvalue weighted by molar-refractivity contribution is 0.0943. The molecule has 2 aromatic heterocycles. The van der Waals surface area contributed by atoms with E-state index in [9.17, 15) is 4.79 Å². The first kappa shape index (κ1) is 20.3. The van der Waals surface area contributed by atoms with E-state index in [1.165, 1.54) is 5.56 Å². The second-order valence-corrected chi connectivity index (χ2v) is 7.90. The maximum atomic E-state index is 12.4. The van der Waals surface area contributed by atoms with Crippen molar-refractivity contribution in [1.82, 2.24) is 20.3 Å². The van der Waals surface area contributed by atoms with Gasteiger partial charge < -0.3 is 15.0 Å².